The van der Waals surface area contributed by atoms with Crippen LogP contribution in [-0.4, -0.2) is 35.5 Å². The molecule has 0 radical (unpaired) electrons. The van der Waals surface area contributed by atoms with Gasteiger partial charge in [0.25, 0.3) is 0 Å². The van der Waals surface area contributed by atoms with Crippen LogP contribution in [0.2, 0.25) is 0 Å². The van der Waals surface area contributed by atoms with Gasteiger partial charge in [-0.1, -0.05) is 0 Å². The van der Waals surface area contributed by atoms with Gasteiger partial charge in [0.2, 0.25) is 0 Å². The number of urea groups is 1. The maximum absolute atomic E-state index is 10.8. The van der Waals surface area contributed by atoms with Crippen LogP contribution in [0, 0.1) is 0 Å². The summed E-state index contributed by atoms with van der Waals surface area (Å²) in [7, 11) is 0. The molecule has 0 saturated carbocycles. The summed E-state index contributed by atoms with van der Waals surface area (Å²) in [6.07, 6.45) is 4.27. The lowest BCUT2D eigenvalue weighted by Crippen LogP contribution is -2.40. The summed E-state index contributed by atoms with van der Waals surface area (Å²) in [6.45, 7) is 0.848. The molecule has 0 bridgehead atoms. The quantitative estimate of drug-likeness (QED) is 0.676. The van der Waals surface area contributed by atoms with Gasteiger partial charge >= 0.3 is 6.03 Å². The van der Waals surface area contributed by atoms with E-state index in [1.165, 1.54) is 0 Å². The third-order valence-corrected chi connectivity index (χ3v) is 2.74. The van der Waals surface area contributed by atoms with Crippen molar-refractivity contribution in [1.82, 2.24) is 4.90 Å². The number of rotatable bonds is 2. The SMILES string of the molecule is CSCC1CCCN1C(N)=O. The second-order valence-corrected chi connectivity index (χ2v) is 3.69. The predicted octanol–water partition coefficient (Wildman–Crippen LogP) is 0.893. The fourth-order valence-corrected chi connectivity index (χ4v) is 2.22. The lowest BCUT2D eigenvalue weighted by molar-refractivity contribution is 0.207. The molecule has 0 aliphatic carbocycles. The second-order valence-electron chi connectivity index (χ2n) is 2.78. The zero-order chi connectivity index (χ0) is 8.27. The van der Waals surface area contributed by atoms with Gasteiger partial charge in [-0.3, -0.25) is 0 Å². The van der Waals surface area contributed by atoms with Crippen LogP contribution in [-0.2, 0) is 0 Å². The van der Waals surface area contributed by atoms with Gasteiger partial charge in [0.1, 0.15) is 0 Å². The molecule has 1 atom stereocenters. The Hall–Kier alpha value is -0.380. The van der Waals surface area contributed by atoms with E-state index in [0.29, 0.717) is 6.04 Å². The summed E-state index contributed by atoms with van der Waals surface area (Å²) in [6, 6.07) is 0.129. The fourth-order valence-electron chi connectivity index (χ4n) is 1.49. The molecule has 64 valence electrons. The Kier molecular flexibility index (Phi) is 3.05. The topological polar surface area (TPSA) is 46.3 Å². The minimum absolute atomic E-state index is 0.262. The Balaban J connectivity index is 2.44. The second kappa shape index (κ2) is 3.85. The van der Waals surface area contributed by atoms with Crippen LogP contribution in [0.15, 0.2) is 0 Å². The first-order chi connectivity index (χ1) is 5.25. The van der Waals surface area contributed by atoms with E-state index in [-0.39, 0.29) is 6.03 Å². The standard InChI is InChI=1S/C7H14N2OS/c1-11-5-6-3-2-4-9(6)7(8)10/h6H,2-5H2,1H3,(H2,8,10). The lowest BCUT2D eigenvalue weighted by Gasteiger charge is -2.21. The first-order valence-electron chi connectivity index (χ1n) is 3.80. The number of nitrogens with zero attached hydrogens (tertiary/aromatic N) is 1. The van der Waals surface area contributed by atoms with Crippen LogP contribution in [0.4, 0.5) is 4.79 Å². The summed E-state index contributed by atoms with van der Waals surface area (Å²) in [5, 5.41) is 0. The van der Waals surface area contributed by atoms with E-state index in [4.69, 9.17) is 5.73 Å². The molecule has 1 unspecified atom stereocenters. The van der Waals surface area contributed by atoms with Crippen molar-refractivity contribution in [1.29, 1.82) is 0 Å². The Morgan fingerprint density at radius 2 is 2.55 bits per heavy atom. The molecule has 0 aromatic heterocycles. The average Bonchev–Trinajstić information content (AvgIpc) is 2.36. The molecule has 1 saturated heterocycles. The molecule has 4 heteroatoms. The Morgan fingerprint density at radius 1 is 1.82 bits per heavy atom. The molecule has 0 aromatic rings. The molecule has 1 aliphatic heterocycles. The van der Waals surface area contributed by atoms with Crippen molar-refractivity contribution in [2.45, 2.75) is 18.9 Å². The zero-order valence-electron chi connectivity index (χ0n) is 6.75. The van der Waals surface area contributed by atoms with E-state index in [0.717, 1.165) is 25.1 Å². The van der Waals surface area contributed by atoms with Crippen LogP contribution in [0.3, 0.4) is 0 Å². The molecule has 1 fully saturated rings. The van der Waals surface area contributed by atoms with E-state index in [9.17, 15) is 4.79 Å². The van der Waals surface area contributed by atoms with Crippen LogP contribution in [0.25, 0.3) is 0 Å². The highest BCUT2D eigenvalue weighted by Gasteiger charge is 2.26. The van der Waals surface area contributed by atoms with Crippen molar-refractivity contribution in [2.24, 2.45) is 5.73 Å². The maximum atomic E-state index is 10.8. The summed E-state index contributed by atoms with van der Waals surface area (Å²) in [5.41, 5.74) is 5.20. The van der Waals surface area contributed by atoms with Gasteiger partial charge in [-0.2, -0.15) is 11.8 Å². The monoisotopic (exact) mass is 174 g/mol. The Bertz CT molecular complexity index is 151. The smallest absolute Gasteiger partial charge is 0.315 e. The summed E-state index contributed by atoms with van der Waals surface area (Å²) in [5.74, 6) is 1.02. The first kappa shape index (κ1) is 8.71. The van der Waals surface area contributed by atoms with Gasteiger partial charge < -0.3 is 10.6 Å². The van der Waals surface area contributed by atoms with Gasteiger partial charge in [0, 0.05) is 18.3 Å². The van der Waals surface area contributed by atoms with Crippen LogP contribution in [0.5, 0.6) is 0 Å². The van der Waals surface area contributed by atoms with Gasteiger partial charge in [0.05, 0.1) is 0 Å². The van der Waals surface area contributed by atoms with Crippen LogP contribution in [0.1, 0.15) is 12.8 Å². The minimum Gasteiger partial charge on any atom is -0.351 e. The number of amides is 2. The number of carbonyl (C=O) groups is 1. The third kappa shape index (κ3) is 2.02. The largest absolute Gasteiger partial charge is 0.351 e. The van der Waals surface area contributed by atoms with Crippen molar-refractivity contribution in [3.8, 4) is 0 Å². The summed E-state index contributed by atoms with van der Waals surface area (Å²) >= 11 is 1.77. The van der Waals surface area contributed by atoms with Gasteiger partial charge in [0.15, 0.2) is 0 Å². The number of hydrogen-bond acceptors (Lipinski definition) is 2. The van der Waals surface area contributed by atoms with E-state index in [2.05, 4.69) is 6.26 Å². The maximum Gasteiger partial charge on any atom is 0.315 e. The normalized spacial score (nSPS) is 24.1. The van der Waals surface area contributed by atoms with Crippen molar-refractivity contribution in [3.63, 3.8) is 0 Å². The number of nitrogens with two attached hydrogens (primary N) is 1. The summed E-state index contributed by atoms with van der Waals surface area (Å²) in [4.78, 5) is 12.6. The van der Waals surface area contributed by atoms with E-state index < -0.39 is 0 Å². The zero-order valence-corrected chi connectivity index (χ0v) is 7.56. The molecule has 1 heterocycles. The number of primary amides is 1. The highest BCUT2D eigenvalue weighted by atomic mass is 32.2. The van der Waals surface area contributed by atoms with Crippen molar-refractivity contribution in [2.75, 3.05) is 18.6 Å². The molecule has 0 spiro atoms. The Labute approximate surface area is 71.3 Å². The predicted molar refractivity (Wildman–Crippen MR) is 47.7 cm³/mol. The lowest BCUT2D eigenvalue weighted by atomic mass is 10.2. The Morgan fingerprint density at radius 3 is 3.09 bits per heavy atom. The minimum atomic E-state index is -0.262. The number of thioether (sulfide) groups is 1. The van der Waals surface area contributed by atoms with E-state index in [1.54, 1.807) is 16.7 Å². The van der Waals surface area contributed by atoms with Gasteiger partial charge in [-0.25, -0.2) is 4.79 Å². The number of carbonyl (C=O) groups excluding carboxylic acids is 1. The number of hydrogen-bond donors (Lipinski definition) is 1. The molecule has 0 aromatic carbocycles. The summed E-state index contributed by atoms with van der Waals surface area (Å²) < 4.78 is 0. The third-order valence-electron chi connectivity index (χ3n) is 2.02. The van der Waals surface area contributed by atoms with Crippen LogP contribution < -0.4 is 5.73 Å². The highest BCUT2D eigenvalue weighted by molar-refractivity contribution is 7.98. The molecule has 11 heavy (non-hydrogen) atoms. The van der Waals surface area contributed by atoms with Gasteiger partial charge in [-0.05, 0) is 19.1 Å². The molecular formula is C7H14N2OS. The molecule has 1 rings (SSSR count). The molecule has 1 aliphatic rings. The van der Waals surface area contributed by atoms with E-state index in [1.807, 2.05) is 0 Å². The molecule has 3 nitrogen and oxygen atoms in total. The van der Waals surface area contributed by atoms with E-state index >= 15 is 0 Å². The molecule has 2 N–H and O–H groups in total. The molecular weight excluding hydrogens is 160 g/mol. The number of likely N-dealkylation sites (tertiary alicyclic amines) is 1. The van der Waals surface area contributed by atoms with Crippen LogP contribution >= 0.6 is 11.8 Å². The fraction of sp³-hybridized carbons (Fsp3) is 0.857. The van der Waals surface area contributed by atoms with Crippen molar-refractivity contribution >= 4 is 17.8 Å². The van der Waals surface area contributed by atoms with Gasteiger partial charge in [-0.15, -0.1) is 0 Å². The van der Waals surface area contributed by atoms with Crippen molar-refractivity contribution in [3.05, 3.63) is 0 Å². The van der Waals surface area contributed by atoms with Crippen molar-refractivity contribution < 1.29 is 4.79 Å². The highest BCUT2D eigenvalue weighted by Crippen LogP contribution is 2.19. The average molecular weight is 174 g/mol. The molecule has 2 amide bonds. The first-order valence-corrected chi connectivity index (χ1v) is 5.20.